The predicted molar refractivity (Wildman–Crippen MR) is 122 cm³/mol. The molecule has 34 heavy (non-hydrogen) atoms. The Labute approximate surface area is 193 Å². The minimum absolute atomic E-state index is 0.143. The fourth-order valence-corrected chi connectivity index (χ4v) is 3.45. The van der Waals surface area contributed by atoms with Gasteiger partial charge in [0.05, 0.1) is 22.3 Å². The van der Waals surface area contributed by atoms with Crippen molar-refractivity contribution in [2.75, 3.05) is 13.2 Å². The molecule has 0 amide bonds. The second-order valence-electron chi connectivity index (χ2n) is 7.44. The van der Waals surface area contributed by atoms with Gasteiger partial charge in [-0.05, 0) is 70.1 Å². The molecule has 0 aliphatic heterocycles. The summed E-state index contributed by atoms with van der Waals surface area (Å²) in [7, 11) is 0. The van der Waals surface area contributed by atoms with Crippen molar-refractivity contribution in [3.05, 3.63) is 95.1 Å². The summed E-state index contributed by atoms with van der Waals surface area (Å²) >= 11 is 0. The van der Waals surface area contributed by atoms with Crippen LogP contribution in [0.15, 0.2) is 72.8 Å². The van der Waals surface area contributed by atoms with Crippen molar-refractivity contribution in [3.63, 3.8) is 0 Å². The van der Waals surface area contributed by atoms with Gasteiger partial charge in [-0.15, -0.1) is 0 Å². The molecule has 8 nitrogen and oxygen atoms in total. The first-order valence-corrected chi connectivity index (χ1v) is 10.2. The van der Waals surface area contributed by atoms with Crippen molar-refractivity contribution in [2.24, 2.45) is 0 Å². The molecule has 0 spiro atoms. The summed E-state index contributed by atoms with van der Waals surface area (Å²) in [6.45, 7) is -0.285. The summed E-state index contributed by atoms with van der Waals surface area (Å²) in [6, 6.07) is 18.7. The Balaban J connectivity index is 1.32. The minimum atomic E-state index is -1.03. The molecule has 0 bridgehead atoms. The van der Waals surface area contributed by atoms with E-state index in [0.29, 0.717) is 21.5 Å². The van der Waals surface area contributed by atoms with Gasteiger partial charge in [0.2, 0.25) is 0 Å². The lowest BCUT2D eigenvalue weighted by atomic mass is 10.0. The van der Waals surface area contributed by atoms with Gasteiger partial charge >= 0.3 is 23.9 Å². The normalized spacial score (nSPS) is 10.7. The molecule has 4 rings (SSSR count). The van der Waals surface area contributed by atoms with Gasteiger partial charge in [-0.3, -0.25) is 0 Å². The third-order valence-electron chi connectivity index (χ3n) is 5.20. The Kier molecular flexibility index (Phi) is 6.22. The molecule has 0 saturated heterocycles. The number of benzene rings is 4. The van der Waals surface area contributed by atoms with Crippen molar-refractivity contribution < 1.29 is 38.9 Å². The minimum Gasteiger partial charge on any atom is -0.478 e. The SMILES string of the molecule is O=C(O)c1ccc2cc(C(=O)OCCOC(=O)c3ccc4cc(C(=O)O)ccc4c3)ccc2c1. The first kappa shape index (κ1) is 22.5. The highest BCUT2D eigenvalue weighted by atomic mass is 16.6. The summed E-state index contributed by atoms with van der Waals surface area (Å²) in [6.07, 6.45) is 0. The maximum atomic E-state index is 12.3. The molecule has 0 aliphatic rings. The number of fused-ring (bicyclic) bond motifs is 2. The van der Waals surface area contributed by atoms with Crippen LogP contribution in [0.25, 0.3) is 21.5 Å². The molecule has 0 saturated carbocycles. The quantitative estimate of drug-likeness (QED) is 0.308. The number of hydrogen-bond donors (Lipinski definition) is 2. The van der Waals surface area contributed by atoms with Crippen LogP contribution < -0.4 is 0 Å². The number of hydrogen-bond acceptors (Lipinski definition) is 6. The highest BCUT2D eigenvalue weighted by Gasteiger charge is 2.12. The van der Waals surface area contributed by atoms with Crippen LogP contribution in [0.2, 0.25) is 0 Å². The van der Waals surface area contributed by atoms with Gasteiger partial charge in [-0.2, -0.15) is 0 Å². The van der Waals surface area contributed by atoms with Gasteiger partial charge in [0.1, 0.15) is 13.2 Å². The zero-order chi connectivity index (χ0) is 24.2. The molecule has 0 radical (unpaired) electrons. The smallest absolute Gasteiger partial charge is 0.338 e. The van der Waals surface area contributed by atoms with E-state index in [1.807, 2.05) is 0 Å². The monoisotopic (exact) mass is 458 g/mol. The molecule has 8 heteroatoms. The van der Waals surface area contributed by atoms with Crippen molar-refractivity contribution in [1.29, 1.82) is 0 Å². The number of ether oxygens (including phenoxy) is 2. The van der Waals surface area contributed by atoms with E-state index in [-0.39, 0.29) is 35.5 Å². The lowest BCUT2D eigenvalue weighted by molar-refractivity contribution is 0.0266. The van der Waals surface area contributed by atoms with Crippen molar-refractivity contribution in [2.45, 2.75) is 0 Å². The van der Waals surface area contributed by atoms with E-state index in [9.17, 15) is 19.2 Å². The summed E-state index contributed by atoms with van der Waals surface area (Å²) in [4.78, 5) is 46.7. The summed E-state index contributed by atoms with van der Waals surface area (Å²) < 4.78 is 10.3. The lowest BCUT2D eigenvalue weighted by Gasteiger charge is -2.08. The average molecular weight is 458 g/mol. The third-order valence-corrected chi connectivity index (χ3v) is 5.20. The summed E-state index contributed by atoms with van der Waals surface area (Å²) in [5, 5.41) is 20.9. The van der Waals surface area contributed by atoms with Gasteiger partial charge < -0.3 is 19.7 Å². The third kappa shape index (κ3) is 4.86. The van der Waals surface area contributed by atoms with Crippen LogP contribution in [-0.4, -0.2) is 47.3 Å². The number of rotatable bonds is 7. The standard InChI is InChI=1S/C26H18O8/c27-23(28)19-5-1-17-13-21(7-3-15(17)11-19)25(31)33-9-10-34-26(32)22-8-4-16-12-20(24(29)30)6-2-18(16)14-22/h1-8,11-14H,9-10H2,(H,27,28)(H,29,30). The van der Waals surface area contributed by atoms with Crippen LogP contribution in [0.1, 0.15) is 41.4 Å². The Bertz CT molecular complexity index is 1340. The molecule has 0 fully saturated rings. The zero-order valence-electron chi connectivity index (χ0n) is 17.7. The number of esters is 2. The lowest BCUT2D eigenvalue weighted by Crippen LogP contribution is -2.14. The van der Waals surface area contributed by atoms with Gasteiger partial charge in [-0.25, -0.2) is 19.2 Å². The van der Waals surface area contributed by atoms with Crippen molar-refractivity contribution in [3.8, 4) is 0 Å². The fraction of sp³-hybridized carbons (Fsp3) is 0.0769. The zero-order valence-corrected chi connectivity index (χ0v) is 17.7. The molecule has 0 aromatic heterocycles. The Hall–Kier alpha value is -4.72. The second kappa shape index (κ2) is 9.41. The van der Waals surface area contributed by atoms with E-state index >= 15 is 0 Å². The molecule has 2 N–H and O–H groups in total. The number of carboxylic acid groups (broad SMARTS) is 2. The molecule has 0 heterocycles. The second-order valence-corrected chi connectivity index (χ2v) is 7.44. The van der Waals surface area contributed by atoms with E-state index < -0.39 is 23.9 Å². The maximum Gasteiger partial charge on any atom is 0.338 e. The molecular formula is C26H18O8. The molecule has 170 valence electrons. The van der Waals surface area contributed by atoms with E-state index in [0.717, 1.165) is 0 Å². The molecule has 0 aliphatic carbocycles. The van der Waals surface area contributed by atoms with Crippen LogP contribution in [-0.2, 0) is 9.47 Å². The van der Waals surface area contributed by atoms with Gasteiger partial charge in [0.15, 0.2) is 0 Å². The highest BCUT2D eigenvalue weighted by Crippen LogP contribution is 2.20. The fourth-order valence-electron chi connectivity index (χ4n) is 3.45. The number of aromatic carboxylic acids is 2. The predicted octanol–water partition coefficient (Wildman–Crippen LogP) is 4.40. The van der Waals surface area contributed by atoms with Crippen LogP contribution in [0, 0.1) is 0 Å². The van der Waals surface area contributed by atoms with E-state index in [2.05, 4.69) is 0 Å². The topological polar surface area (TPSA) is 127 Å². The van der Waals surface area contributed by atoms with E-state index in [1.165, 1.54) is 36.4 Å². The molecular weight excluding hydrogens is 440 g/mol. The molecule has 4 aromatic rings. The van der Waals surface area contributed by atoms with Crippen LogP contribution in [0.4, 0.5) is 0 Å². The largest absolute Gasteiger partial charge is 0.478 e. The number of carbonyl (C=O) groups excluding carboxylic acids is 2. The van der Waals surface area contributed by atoms with Crippen LogP contribution in [0.5, 0.6) is 0 Å². The maximum absolute atomic E-state index is 12.3. The van der Waals surface area contributed by atoms with Crippen LogP contribution in [0.3, 0.4) is 0 Å². The Morgan fingerprint density at radius 3 is 1.12 bits per heavy atom. The summed E-state index contributed by atoms with van der Waals surface area (Å²) in [5.74, 6) is -3.26. The van der Waals surface area contributed by atoms with Gasteiger partial charge in [0, 0.05) is 0 Å². The average Bonchev–Trinajstić information content (AvgIpc) is 2.84. The summed E-state index contributed by atoms with van der Waals surface area (Å²) in [5.41, 5.74) is 0.886. The van der Waals surface area contributed by atoms with Crippen molar-refractivity contribution >= 4 is 45.4 Å². The van der Waals surface area contributed by atoms with Gasteiger partial charge in [-0.1, -0.05) is 24.3 Å². The molecule has 0 unspecified atom stereocenters. The Morgan fingerprint density at radius 1 is 0.500 bits per heavy atom. The van der Waals surface area contributed by atoms with E-state index in [1.54, 1.807) is 36.4 Å². The molecule has 0 atom stereocenters. The van der Waals surface area contributed by atoms with E-state index in [4.69, 9.17) is 19.7 Å². The Morgan fingerprint density at radius 2 is 0.794 bits per heavy atom. The first-order valence-electron chi connectivity index (χ1n) is 10.2. The molecule has 4 aromatic carbocycles. The van der Waals surface area contributed by atoms with Gasteiger partial charge in [0.25, 0.3) is 0 Å². The van der Waals surface area contributed by atoms with Crippen LogP contribution >= 0.6 is 0 Å². The van der Waals surface area contributed by atoms with Crippen molar-refractivity contribution in [1.82, 2.24) is 0 Å². The highest BCUT2D eigenvalue weighted by molar-refractivity contribution is 5.99. The number of carboxylic acids is 2. The number of carbonyl (C=O) groups is 4. The first-order chi connectivity index (χ1) is 16.3.